The van der Waals surface area contributed by atoms with Crippen molar-refractivity contribution in [2.75, 3.05) is 39.4 Å². The SMILES string of the molecule is Cc1noc(C)c1S(=O)(=O)N1CCC(N2CC(=O)NCC23CCOC3)CC1. The number of hydrogen-bond acceptors (Lipinski definition) is 7. The molecule has 0 radical (unpaired) electrons. The Bertz CT molecular complexity index is 803. The number of piperazine rings is 1. The lowest BCUT2D eigenvalue weighted by Crippen LogP contribution is -2.67. The topological polar surface area (TPSA) is 105 Å². The van der Waals surface area contributed by atoms with Crippen molar-refractivity contribution < 1.29 is 22.5 Å². The second-order valence-electron chi connectivity index (χ2n) is 7.72. The van der Waals surface area contributed by atoms with Crippen LogP contribution in [0.3, 0.4) is 0 Å². The number of aryl methyl sites for hydroxylation is 2. The Morgan fingerprint density at radius 1 is 1.26 bits per heavy atom. The summed E-state index contributed by atoms with van der Waals surface area (Å²) in [5.74, 6) is 0.350. The molecule has 10 heteroatoms. The van der Waals surface area contributed by atoms with Gasteiger partial charge in [-0.3, -0.25) is 9.69 Å². The maximum Gasteiger partial charge on any atom is 0.248 e. The number of amides is 1. The van der Waals surface area contributed by atoms with Gasteiger partial charge in [0.1, 0.15) is 10.6 Å². The van der Waals surface area contributed by atoms with E-state index in [9.17, 15) is 13.2 Å². The Labute approximate surface area is 159 Å². The van der Waals surface area contributed by atoms with E-state index in [0.29, 0.717) is 63.7 Å². The van der Waals surface area contributed by atoms with Crippen LogP contribution in [-0.4, -0.2) is 79.7 Å². The van der Waals surface area contributed by atoms with Crippen LogP contribution in [0, 0.1) is 13.8 Å². The summed E-state index contributed by atoms with van der Waals surface area (Å²) in [5, 5.41) is 6.74. The van der Waals surface area contributed by atoms with Gasteiger partial charge < -0.3 is 14.6 Å². The van der Waals surface area contributed by atoms with E-state index in [1.54, 1.807) is 13.8 Å². The molecule has 1 aromatic rings. The normalized spacial score (nSPS) is 28.7. The van der Waals surface area contributed by atoms with Crippen molar-refractivity contribution in [3.8, 4) is 0 Å². The van der Waals surface area contributed by atoms with Crippen molar-refractivity contribution in [1.82, 2.24) is 19.7 Å². The van der Waals surface area contributed by atoms with Crippen molar-refractivity contribution in [3.63, 3.8) is 0 Å². The van der Waals surface area contributed by atoms with Gasteiger partial charge in [0.25, 0.3) is 0 Å². The Balaban J connectivity index is 1.49. The monoisotopic (exact) mass is 398 g/mol. The first kappa shape index (κ1) is 18.9. The van der Waals surface area contributed by atoms with E-state index < -0.39 is 10.0 Å². The first-order chi connectivity index (χ1) is 12.8. The molecule has 0 aliphatic carbocycles. The van der Waals surface area contributed by atoms with Crippen LogP contribution in [0.5, 0.6) is 0 Å². The lowest BCUT2D eigenvalue weighted by Gasteiger charge is -2.49. The smallest absolute Gasteiger partial charge is 0.248 e. The van der Waals surface area contributed by atoms with Crippen molar-refractivity contribution in [2.24, 2.45) is 0 Å². The highest BCUT2D eigenvalue weighted by molar-refractivity contribution is 7.89. The van der Waals surface area contributed by atoms with E-state index in [0.717, 1.165) is 6.42 Å². The molecular weight excluding hydrogens is 372 g/mol. The minimum atomic E-state index is -3.62. The van der Waals surface area contributed by atoms with Gasteiger partial charge in [0.15, 0.2) is 5.76 Å². The van der Waals surface area contributed by atoms with Gasteiger partial charge in [-0.2, -0.15) is 4.31 Å². The van der Waals surface area contributed by atoms with Gasteiger partial charge >= 0.3 is 0 Å². The molecule has 3 saturated heterocycles. The molecule has 27 heavy (non-hydrogen) atoms. The molecular formula is C17H26N4O5S. The van der Waals surface area contributed by atoms with Crippen LogP contribution in [0.25, 0.3) is 0 Å². The Morgan fingerprint density at radius 2 is 2.00 bits per heavy atom. The second kappa shape index (κ2) is 6.84. The van der Waals surface area contributed by atoms with E-state index >= 15 is 0 Å². The summed E-state index contributed by atoms with van der Waals surface area (Å²) < 4.78 is 38.2. The molecule has 0 aromatic carbocycles. The molecule has 150 valence electrons. The summed E-state index contributed by atoms with van der Waals surface area (Å²) in [4.78, 5) is 14.4. The number of ether oxygens (including phenoxy) is 1. The van der Waals surface area contributed by atoms with Crippen LogP contribution in [0.2, 0.25) is 0 Å². The second-order valence-corrected chi connectivity index (χ2v) is 9.59. The third-order valence-electron chi connectivity index (χ3n) is 6.05. The van der Waals surface area contributed by atoms with Crippen molar-refractivity contribution in [3.05, 3.63) is 11.5 Å². The first-order valence-corrected chi connectivity index (χ1v) is 10.8. The highest BCUT2D eigenvalue weighted by atomic mass is 32.2. The largest absolute Gasteiger partial charge is 0.379 e. The van der Waals surface area contributed by atoms with Crippen molar-refractivity contribution in [2.45, 2.75) is 49.6 Å². The molecule has 1 amide bonds. The summed E-state index contributed by atoms with van der Waals surface area (Å²) in [6.45, 7) is 6.38. The number of nitrogens with one attached hydrogen (secondary N) is 1. The minimum absolute atomic E-state index is 0.0262. The van der Waals surface area contributed by atoms with Gasteiger partial charge in [-0.25, -0.2) is 8.42 Å². The van der Waals surface area contributed by atoms with Gasteiger partial charge in [-0.1, -0.05) is 5.16 Å². The highest BCUT2D eigenvalue weighted by Crippen LogP contribution is 2.34. The average molecular weight is 398 g/mol. The summed E-state index contributed by atoms with van der Waals surface area (Å²) in [5.41, 5.74) is 0.241. The molecule has 3 aliphatic heterocycles. The van der Waals surface area contributed by atoms with E-state index in [2.05, 4.69) is 15.4 Å². The molecule has 9 nitrogen and oxygen atoms in total. The summed E-state index contributed by atoms with van der Waals surface area (Å²) in [6, 6.07) is 0.175. The zero-order valence-electron chi connectivity index (χ0n) is 15.7. The van der Waals surface area contributed by atoms with E-state index in [-0.39, 0.29) is 22.4 Å². The maximum absolute atomic E-state index is 13.0. The molecule has 1 unspecified atom stereocenters. The van der Waals surface area contributed by atoms with Crippen LogP contribution < -0.4 is 5.32 Å². The highest BCUT2D eigenvalue weighted by Gasteiger charge is 2.48. The van der Waals surface area contributed by atoms with E-state index in [1.807, 2.05) is 0 Å². The molecule has 0 bridgehead atoms. The number of carbonyl (C=O) groups excluding carboxylic acids is 1. The molecule has 3 aliphatic rings. The quantitative estimate of drug-likeness (QED) is 0.766. The fourth-order valence-electron chi connectivity index (χ4n) is 4.59. The summed E-state index contributed by atoms with van der Waals surface area (Å²) in [6.07, 6.45) is 2.28. The molecule has 4 rings (SSSR count). The van der Waals surface area contributed by atoms with E-state index in [1.165, 1.54) is 4.31 Å². The molecule has 4 heterocycles. The number of aromatic nitrogens is 1. The molecule has 1 N–H and O–H groups in total. The van der Waals surface area contributed by atoms with Crippen LogP contribution in [0.1, 0.15) is 30.7 Å². The number of rotatable bonds is 3. The number of hydrogen-bond donors (Lipinski definition) is 1. The zero-order valence-corrected chi connectivity index (χ0v) is 16.5. The average Bonchev–Trinajstić information content (AvgIpc) is 3.25. The predicted molar refractivity (Wildman–Crippen MR) is 95.6 cm³/mol. The van der Waals surface area contributed by atoms with Crippen molar-refractivity contribution >= 4 is 15.9 Å². The lowest BCUT2D eigenvalue weighted by molar-refractivity contribution is -0.131. The number of carbonyl (C=O) groups is 1. The first-order valence-electron chi connectivity index (χ1n) is 9.38. The van der Waals surface area contributed by atoms with Crippen LogP contribution in [-0.2, 0) is 19.6 Å². The molecule has 3 fully saturated rings. The third-order valence-corrected chi connectivity index (χ3v) is 8.19. The van der Waals surface area contributed by atoms with E-state index in [4.69, 9.17) is 9.26 Å². The van der Waals surface area contributed by atoms with Gasteiger partial charge in [0, 0.05) is 32.3 Å². The summed E-state index contributed by atoms with van der Waals surface area (Å²) >= 11 is 0. The maximum atomic E-state index is 13.0. The Morgan fingerprint density at radius 3 is 2.59 bits per heavy atom. The van der Waals surface area contributed by atoms with Crippen LogP contribution in [0.15, 0.2) is 9.42 Å². The minimum Gasteiger partial charge on any atom is -0.379 e. The molecule has 1 atom stereocenters. The zero-order chi connectivity index (χ0) is 19.2. The third kappa shape index (κ3) is 3.18. The molecule has 1 spiro atoms. The number of nitrogens with zero attached hydrogens (tertiary/aromatic N) is 3. The Hall–Kier alpha value is -1.49. The molecule has 1 aromatic heterocycles. The fraction of sp³-hybridized carbons (Fsp3) is 0.765. The summed E-state index contributed by atoms with van der Waals surface area (Å²) in [7, 11) is -3.62. The Kier molecular flexibility index (Phi) is 4.77. The standard InChI is InChI=1S/C17H26N4O5S/c1-12-16(13(2)26-19-12)27(23,24)20-6-3-14(4-7-20)21-9-15(22)18-10-17(21)5-8-25-11-17/h14H,3-11H2,1-2H3,(H,18,22). The predicted octanol–water partition coefficient (Wildman–Crippen LogP) is 0.0354. The van der Waals surface area contributed by atoms with Gasteiger partial charge in [-0.15, -0.1) is 0 Å². The molecule has 0 saturated carbocycles. The van der Waals surface area contributed by atoms with Crippen LogP contribution in [0.4, 0.5) is 0 Å². The van der Waals surface area contributed by atoms with Crippen molar-refractivity contribution in [1.29, 1.82) is 0 Å². The number of sulfonamides is 1. The van der Waals surface area contributed by atoms with Gasteiger partial charge in [0.2, 0.25) is 15.9 Å². The number of piperidine rings is 1. The van der Waals surface area contributed by atoms with Gasteiger partial charge in [0.05, 0.1) is 18.7 Å². The lowest BCUT2D eigenvalue weighted by atomic mass is 9.89. The van der Waals surface area contributed by atoms with Gasteiger partial charge in [-0.05, 0) is 33.1 Å². The fourth-order valence-corrected chi connectivity index (χ4v) is 6.35. The van der Waals surface area contributed by atoms with Crippen LogP contribution >= 0.6 is 0 Å².